The molecule has 0 radical (unpaired) electrons. The van der Waals surface area contributed by atoms with Crippen LogP contribution in [0, 0.1) is 0 Å². The Hall–Kier alpha value is -2.84. The largest absolute Gasteiger partial charge is 0.239 e. The molecule has 4 rings (SSSR count). The van der Waals surface area contributed by atoms with E-state index in [4.69, 9.17) is 16.7 Å². The van der Waals surface area contributed by atoms with Crippen LogP contribution in [0.4, 0.5) is 0 Å². The van der Waals surface area contributed by atoms with Crippen molar-refractivity contribution in [1.29, 1.82) is 0 Å². The Balaban J connectivity index is 1.80. The predicted molar refractivity (Wildman–Crippen MR) is 102 cm³/mol. The molecule has 0 unspecified atom stereocenters. The Morgan fingerprint density at radius 2 is 1.24 bits per heavy atom. The number of hydrogen-bond donors (Lipinski definition) is 0. The first kappa shape index (κ1) is 15.7. The van der Waals surface area contributed by atoms with Gasteiger partial charge in [0.15, 0.2) is 0 Å². The van der Waals surface area contributed by atoms with E-state index in [0.29, 0.717) is 5.02 Å². The van der Waals surface area contributed by atoms with Crippen LogP contribution in [0.15, 0.2) is 97.2 Å². The number of nitrogens with zero attached hydrogens (tertiary/aromatic N) is 2. The quantitative estimate of drug-likeness (QED) is 0.464. The normalized spacial score (nSPS) is 11.0. The summed E-state index contributed by atoms with van der Waals surface area (Å²) in [6, 6.07) is 30.7. The predicted octanol–water partition coefficient (Wildman–Crippen LogP) is 5.71. The minimum atomic E-state index is 0.0890. The first-order chi connectivity index (χ1) is 12.3. The lowest BCUT2D eigenvalue weighted by molar-refractivity contribution is 0.814. The van der Waals surface area contributed by atoms with Gasteiger partial charge in [-0.25, -0.2) is 4.68 Å². The van der Waals surface area contributed by atoms with Gasteiger partial charge < -0.3 is 0 Å². The van der Waals surface area contributed by atoms with Crippen molar-refractivity contribution in [3.63, 3.8) is 0 Å². The van der Waals surface area contributed by atoms with E-state index in [1.54, 1.807) is 0 Å². The molecule has 0 aliphatic carbocycles. The summed E-state index contributed by atoms with van der Waals surface area (Å²) in [6.07, 6.45) is 1.97. The van der Waals surface area contributed by atoms with Gasteiger partial charge in [-0.1, -0.05) is 84.4 Å². The summed E-state index contributed by atoms with van der Waals surface area (Å²) in [7, 11) is 0. The second-order valence-corrected chi connectivity index (χ2v) is 6.30. The molecule has 0 spiro atoms. The molecule has 0 aliphatic rings. The number of para-hydroxylation sites is 1. The van der Waals surface area contributed by atoms with Gasteiger partial charge in [-0.2, -0.15) is 5.10 Å². The minimum absolute atomic E-state index is 0.0890. The van der Waals surface area contributed by atoms with E-state index >= 15 is 0 Å². The van der Waals surface area contributed by atoms with Crippen LogP contribution in [0.2, 0.25) is 5.02 Å². The van der Waals surface area contributed by atoms with Crippen LogP contribution in [0.1, 0.15) is 22.7 Å². The van der Waals surface area contributed by atoms with Crippen LogP contribution >= 0.6 is 11.6 Å². The van der Waals surface area contributed by atoms with Crippen LogP contribution in [-0.4, -0.2) is 9.78 Å². The fourth-order valence-corrected chi connectivity index (χ4v) is 3.31. The van der Waals surface area contributed by atoms with E-state index < -0.39 is 0 Å². The lowest BCUT2D eigenvalue weighted by Gasteiger charge is -2.16. The second kappa shape index (κ2) is 6.96. The molecule has 1 aromatic heterocycles. The van der Waals surface area contributed by atoms with E-state index in [0.717, 1.165) is 11.4 Å². The minimum Gasteiger partial charge on any atom is -0.239 e. The van der Waals surface area contributed by atoms with Crippen molar-refractivity contribution < 1.29 is 0 Å². The smallest absolute Gasteiger partial charge is 0.0831 e. The molecule has 0 saturated carbocycles. The topological polar surface area (TPSA) is 17.8 Å². The van der Waals surface area contributed by atoms with Crippen LogP contribution in [0.25, 0.3) is 5.69 Å². The Labute approximate surface area is 152 Å². The average Bonchev–Trinajstić information content (AvgIpc) is 3.13. The zero-order chi connectivity index (χ0) is 17.1. The summed E-state index contributed by atoms with van der Waals surface area (Å²) in [5.41, 5.74) is 4.32. The molecule has 0 fully saturated rings. The third kappa shape index (κ3) is 3.21. The second-order valence-electron chi connectivity index (χ2n) is 5.89. The van der Waals surface area contributed by atoms with E-state index in [-0.39, 0.29) is 5.92 Å². The molecule has 0 N–H and O–H groups in total. The monoisotopic (exact) mass is 344 g/mol. The van der Waals surface area contributed by atoms with Crippen molar-refractivity contribution in [2.24, 2.45) is 0 Å². The summed E-state index contributed by atoms with van der Waals surface area (Å²) in [4.78, 5) is 0. The van der Waals surface area contributed by atoms with Crippen molar-refractivity contribution in [3.8, 4) is 5.69 Å². The van der Waals surface area contributed by atoms with E-state index in [9.17, 15) is 0 Å². The summed E-state index contributed by atoms with van der Waals surface area (Å²) >= 11 is 6.32. The molecule has 122 valence electrons. The Kier molecular flexibility index (Phi) is 4.36. The number of aromatic nitrogens is 2. The summed E-state index contributed by atoms with van der Waals surface area (Å²) in [5.74, 6) is 0.0890. The van der Waals surface area contributed by atoms with Gasteiger partial charge in [0.2, 0.25) is 0 Å². The fraction of sp³-hybridized carbons (Fsp3) is 0.0455. The third-order valence-corrected chi connectivity index (χ3v) is 4.59. The van der Waals surface area contributed by atoms with Crippen molar-refractivity contribution in [2.45, 2.75) is 5.92 Å². The van der Waals surface area contributed by atoms with E-state index in [2.05, 4.69) is 54.6 Å². The highest BCUT2D eigenvalue weighted by molar-refractivity contribution is 6.32. The molecular weight excluding hydrogens is 328 g/mol. The lowest BCUT2D eigenvalue weighted by Crippen LogP contribution is -2.05. The number of halogens is 1. The van der Waals surface area contributed by atoms with Gasteiger partial charge >= 0.3 is 0 Å². The van der Waals surface area contributed by atoms with Gasteiger partial charge in [0, 0.05) is 6.20 Å². The van der Waals surface area contributed by atoms with Crippen molar-refractivity contribution in [1.82, 2.24) is 9.78 Å². The summed E-state index contributed by atoms with van der Waals surface area (Å²) in [5, 5.41) is 5.51. The molecule has 1 heterocycles. The van der Waals surface area contributed by atoms with Gasteiger partial charge in [-0.15, -0.1) is 0 Å². The molecule has 4 aromatic rings. The van der Waals surface area contributed by atoms with Crippen LogP contribution in [0.3, 0.4) is 0 Å². The molecular formula is C22H17ClN2. The maximum Gasteiger partial charge on any atom is 0.0831 e. The fourth-order valence-electron chi connectivity index (χ4n) is 3.09. The van der Waals surface area contributed by atoms with Gasteiger partial charge in [0.1, 0.15) is 0 Å². The molecule has 0 aliphatic heterocycles. The number of hydrogen-bond acceptors (Lipinski definition) is 1. The molecule has 0 saturated heterocycles. The summed E-state index contributed by atoms with van der Waals surface area (Å²) < 4.78 is 1.84. The number of benzene rings is 3. The van der Waals surface area contributed by atoms with Crippen molar-refractivity contribution >= 4 is 11.6 Å². The molecule has 0 atom stereocenters. The first-order valence-corrected chi connectivity index (χ1v) is 8.61. The van der Waals surface area contributed by atoms with Crippen molar-refractivity contribution in [2.75, 3.05) is 0 Å². The molecule has 3 heteroatoms. The Bertz CT molecular complexity index is 922. The zero-order valence-corrected chi connectivity index (χ0v) is 14.3. The van der Waals surface area contributed by atoms with Gasteiger partial charge in [0.05, 0.1) is 22.3 Å². The highest BCUT2D eigenvalue weighted by Gasteiger charge is 2.19. The molecule has 3 aromatic carbocycles. The van der Waals surface area contributed by atoms with Gasteiger partial charge in [-0.3, -0.25) is 0 Å². The first-order valence-electron chi connectivity index (χ1n) is 8.23. The highest BCUT2D eigenvalue weighted by Crippen LogP contribution is 2.31. The maximum atomic E-state index is 6.32. The zero-order valence-electron chi connectivity index (χ0n) is 13.6. The third-order valence-electron chi connectivity index (χ3n) is 4.27. The Morgan fingerprint density at radius 1 is 0.680 bits per heavy atom. The maximum absolute atomic E-state index is 6.32. The van der Waals surface area contributed by atoms with Gasteiger partial charge in [-0.05, 0) is 29.3 Å². The standard InChI is InChI=1S/C22H17ClN2/c23-19-13-7-8-14-21(19)25-16-15-20(24-25)22(17-9-3-1-4-10-17)18-11-5-2-6-12-18/h1-16,22H. The molecule has 0 bridgehead atoms. The average molecular weight is 345 g/mol. The lowest BCUT2D eigenvalue weighted by atomic mass is 9.89. The molecule has 25 heavy (non-hydrogen) atoms. The highest BCUT2D eigenvalue weighted by atomic mass is 35.5. The van der Waals surface area contributed by atoms with Crippen LogP contribution < -0.4 is 0 Å². The van der Waals surface area contributed by atoms with Crippen molar-refractivity contribution in [3.05, 3.63) is 119 Å². The number of rotatable bonds is 4. The van der Waals surface area contributed by atoms with Crippen LogP contribution in [0.5, 0.6) is 0 Å². The van der Waals surface area contributed by atoms with Crippen LogP contribution in [-0.2, 0) is 0 Å². The summed E-state index contributed by atoms with van der Waals surface area (Å²) in [6.45, 7) is 0. The SMILES string of the molecule is Clc1ccccc1-n1ccc(C(c2ccccc2)c2ccccc2)n1. The molecule has 2 nitrogen and oxygen atoms in total. The Morgan fingerprint density at radius 3 is 1.84 bits per heavy atom. The van der Waals surface area contributed by atoms with E-state index in [1.807, 2.05) is 47.3 Å². The van der Waals surface area contributed by atoms with E-state index in [1.165, 1.54) is 11.1 Å². The molecule has 0 amide bonds. The van der Waals surface area contributed by atoms with Gasteiger partial charge in [0.25, 0.3) is 0 Å².